The van der Waals surface area contributed by atoms with Crippen molar-refractivity contribution in [3.8, 4) is 5.75 Å². The van der Waals surface area contributed by atoms with Crippen LogP contribution >= 0.6 is 0 Å². The molecule has 0 aliphatic carbocycles. The molecule has 3 heteroatoms. The molecular formula is C19H21NO2. The van der Waals surface area contributed by atoms with Crippen LogP contribution in [0.25, 0.3) is 0 Å². The number of hydrogen-bond acceptors (Lipinski definition) is 2. The van der Waals surface area contributed by atoms with Crippen molar-refractivity contribution in [3.05, 3.63) is 60.2 Å². The summed E-state index contributed by atoms with van der Waals surface area (Å²) in [7, 11) is 1.65. The maximum absolute atomic E-state index is 12.6. The molecule has 3 nitrogen and oxygen atoms in total. The van der Waals surface area contributed by atoms with Gasteiger partial charge < -0.3 is 9.64 Å². The SMILES string of the molecule is CCC[C@@H]1C(=O)N(c2ccc(OC)cc2)[C@@H]1c1ccccc1. The second kappa shape index (κ2) is 6.22. The van der Waals surface area contributed by atoms with E-state index in [4.69, 9.17) is 4.74 Å². The van der Waals surface area contributed by atoms with Crippen LogP contribution in [0.5, 0.6) is 5.75 Å². The molecule has 22 heavy (non-hydrogen) atoms. The zero-order valence-corrected chi connectivity index (χ0v) is 13.0. The Kier molecular flexibility index (Phi) is 4.14. The largest absolute Gasteiger partial charge is 0.497 e. The monoisotopic (exact) mass is 295 g/mol. The van der Waals surface area contributed by atoms with Gasteiger partial charge in [-0.05, 0) is 36.2 Å². The summed E-state index contributed by atoms with van der Waals surface area (Å²) >= 11 is 0. The molecule has 1 aliphatic heterocycles. The number of ether oxygens (including phenoxy) is 1. The fourth-order valence-electron chi connectivity index (χ4n) is 3.20. The van der Waals surface area contributed by atoms with Crippen molar-refractivity contribution in [1.82, 2.24) is 0 Å². The molecule has 2 aromatic rings. The Morgan fingerprint density at radius 2 is 1.73 bits per heavy atom. The summed E-state index contributed by atoms with van der Waals surface area (Å²) in [6.45, 7) is 2.13. The van der Waals surface area contributed by atoms with E-state index in [9.17, 15) is 4.79 Å². The quantitative estimate of drug-likeness (QED) is 0.774. The van der Waals surface area contributed by atoms with Gasteiger partial charge in [0.15, 0.2) is 0 Å². The molecule has 1 amide bonds. The highest BCUT2D eigenvalue weighted by atomic mass is 16.5. The summed E-state index contributed by atoms with van der Waals surface area (Å²) in [5, 5.41) is 0. The van der Waals surface area contributed by atoms with Crippen molar-refractivity contribution in [2.75, 3.05) is 12.0 Å². The average Bonchev–Trinajstić information content (AvgIpc) is 2.58. The number of hydrogen-bond donors (Lipinski definition) is 0. The Balaban J connectivity index is 1.92. The summed E-state index contributed by atoms with van der Waals surface area (Å²) in [5.74, 6) is 1.12. The Labute approximate surface area is 131 Å². The van der Waals surface area contributed by atoms with E-state index < -0.39 is 0 Å². The summed E-state index contributed by atoms with van der Waals surface area (Å²) < 4.78 is 5.20. The first-order chi connectivity index (χ1) is 10.8. The van der Waals surface area contributed by atoms with E-state index in [1.807, 2.05) is 47.4 Å². The van der Waals surface area contributed by atoms with Gasteiger partial charge in [-0.1, -0.05) is 43.7 Å². The molecule has 1 fully saturated rings. The van der Waals surface area contributed by atoms with Crippen LogP contribution < -0.4 is 9.64 Å². The molecule has 0 saturated carbocycles. The Morgan fingerprint density at radius 3 is 2.32 bits per heavy atom. The van der Waals surface area contributed by atoms with Crippen LogP contribution in [0.2, 0.25) is 0 Å². The molecule has 2 atom stereocenters. The van der Waals surface area contributed by atoms with Crippen LogP contribution in [-0.4, -0.2) is 13.0 Å². The molecule has 0 radical (unpaired) electrons. The zero-order valence-electron chi connectivity index (χ0n) is 13.0. The van der Waals surface area contributed by atoms with Crippen LogP contribution in [-0.2, 0) is 4.79 Å². The van der Waals surface area contributed by atoms with Gasteiger partial charge in [0.2, 0.25) is 5.91 Å². The number of benzene rings is 2. The van der Waals surface area contributed by atoms with Gasteiger partial charge in [0.05, 0.1) is 19.1 Å². The van der Waals surface area contributed by atoms with Crippen molar-refractivity contribution >= 4 is 11.6 Å². The fraction of sp³-hybridized carbons (Fsp3) is 0.316. The molecule has 0 bridgehead atoms. The molecule has 0 N–H and O–H groups in total. The third-order valence-electron chi connectivity index (χ3n) is 4.31. The smallest absolute Gasteiger partial charge is 0.233 e. The second-order valence-corrected chi connectivity index (χ2v) is 5.66. The van der Waals surface area contributed by atoms with Gasteiger partial charge in [-0.15, -0.1) is 0 Å². The topological polar surface area (TPSA) is 29.5 Å². The number of carbonyl (C=O) groups excluding carboxylic acids is 1. The molecule has 0 spiro atoms. The van der Waals surface area contributed by atoms with E-state index in [2.05, 4.69) is 19.1 Å². The third kappa shape index (κ3) is 2.47. The van der Waals surface area contributed by atoms with E-state index in [1.54, 1.807) is 7.11 Å². The zero-order chi connectivity index (χ0) is 15.5. The Bertz CT molecular complexity index is 636. The van der Waals surface area contributed by atoms with Crippen LogP contribution in [0.3, 0.4) is 0 Å². The highest BCUT2D eigenvalue weighted by Crippen LogP contribution is 2.45. The van der Waals surface area contributed by atoms with Crippen molar-refractivity contribution in [3.63, 3.8) is 0 Å². The summed E-state index contributed by atoms with van der Waals surface area (Å²) in [6, 6.07) is 18.1. The molecule has 0 unspecified atom stereocenters. The first kappa shape index (κ1) is 14.6. The lowest BCUT2D eigenvalue weighted by Gasteiger charge is -2.47. The van der Waals surface area contributed by atoms with E-state index in [0.29, 0.717) is 0 Å². The minimum atomic E-state index is 0.0921. The molecule has 2 aromatic carbocycles. The van der Waals surface area contributed by atoms with Crippen LogP contribution in [0.1, 0.15) is 31.4 Å². The molecule has 114 valence electrons. The summed E-state index contributed by atoms with van der Waals surface area (Å²) in [4.78, 5) is 14.5. The molecule has 3 rings (SSSR count). The summed E-state index contributed by atoms with van der Waals surface area (Å²) in [5.41, 5.74) is 2.14. The molecular weight excluding hydrogens is 274 g/mol. The van der Waals surface area contributed by atoms with Gasteiger partial charge in [0.25, 0.3) is 0 Å². The predicted octanol–water partition coefficient (Wildman–Crippen LogP) is 4.20. The number of amides is 1. The fourth-order valence-corrected chi connectivity index (χ4v) is 3.20. The minimum Gasteiger partial charge on any atom is -0.497 e. The number of rotatable bonds is 5. The van der Waals surface area contributed by atoms with Crippen molar-refractivity contribution in [1.29, 1.82) is 0 Å². The Morgan fingerprint density at radius 1 is 1.05 bits per heavy atom. The number of methoxy groups -OCH3 is 1. The van der Waals surface area contributed by atoms with Gasteiger partial charge >= 0.3 is 0 Å². The standard InChI is InChI=1S/C19H21NO2/c1-3-7-17-18(14-8-5-4-6-9-14)20(19(17)21)15-10-12-16(22-2)13-11-15/h4-6,8-13,17-18H,3,7H2,1-2H3/t17-,18+/m0/s1. The second-order valence-electron chi connectivity index (χ2n) is 5.66. The number of anilines is 1. The first-order valence-electron chi connectivity index (χ1n) is 7.78. The van der Waals surface area contributed by atoms with E-state index >= 15 is 0 Å². The maximum atomic E-state index is 12.6. The van der Waals surface area contributed by atoms with Crippen molar-refractivity contribution in [2.45, 2.75) is 25.8 Å². The van der Waals surface area contributed by atoms with Crippen LogP contribution in [0.4, 0.5) is 5.69 Å². The lowest BCUT2D eigenvalue weighted by Crippen LogP contribution is -2.55. The van der Waals surface area contributed by atoms with E-state index in [1.165, 1.54) is 5.56 Å². The highest BCUT2D eigenvalue weighted by Gasteiger charge is 2.47. The van der Waals surface area contributed by atoms with Gasteiger partial charge in [0, 0.05) is 5.69 Å². The molecule has 1 aliphatic rings. The maximum Gasteiger partial charge on any atom is 0.233 e. The Hall–Kier alpha value is -2.29. The molecule has 0 aromatic heterocycles. The average molecular weight is 295 g/mol. The first-order valence-corrected chi connectivity index (χ1v) is 7.78. The predicted molar refractivity (Wildman–Crippen MR) is 88.1 cm³/mol. The normalized spacial score (nSPS) is 20.6. The number of nitrogens with zero attached hydrogens (tertiary/aromatic N) is 1. The summed E-state index contributed by atoms with van der Waals surface area (Å²) in [6.07, 6.45) is 1.96. The highest BCUT2D eigenvalue weighted by molar-refractivity contribution is 6.03. The molecule has 1 saturated heterocycles. The van der Waals surface area contributed by atoms with Crippen molar-refractivity contribution in [2.24, 2.45) is 5.92 Å². The van der Waals surface area contributed by atoms with E-state index in [0.717, 1.165) is 24.3 Å². The number of carbonyl (C=O) groups is 1. The van der Waals surface area contributed by atoms with Crippen molar-refractivity contribution < 1.29 is 9.53 Å². The lowest BCUT2D eigenvalue weighted by atomic mass is 9.79. The van der Waals surface area contributed by atoms with Gasteiger partial charge in [-0.3, -0.25) is 4.79 Å². The van der Waals surface area contributed by atoms with Gasteiger partial charge in [0.1, 0.15) is 5.75 Å². The lowest BCUT2D eigenvalue weighted by molar-refractivity contribution is -0.130. The van der Waals surface area contributed by atoms with Crippen LogP contribution in [0, 0.1) is 5.92 Å². The number of β-lactam (4-membered cyclic amide) rings is 1. The van der Waals surface area contributed by atoms with E-state index in [-0.39, 0.29) is 17.9 Å². The molecule has 1 heterocycles. The minimum absolute atomic E-state index is 0.0921. The van der Waals surface area contributed by atoms with Gasteiger partial charge in [-0.2, -0.15) is 0 Å². The van der Waals surface area contributed by atoms with Crippen LogP contribution in [0.15, 0.2) is 54.6 Å². The van der Waals surface area contributed by atoms with Gasteiger partial charge in [-0.25, -0.2) is 0 Å². The third-order valence-corrected chi connectivity index (χ3v) is 4.31.